The van der Waals surface area contributed by atoms with Crippen molar-refractivity contribution in [1.82, 2.24) is 4.98 Å². The molecule has 4 nitrogen and oxygen atoms in total. The van der Waals surface area contributed by atoms with Gasteiger partial charge >= 0.3 is 0 Å². The van der Waals surface area contributed by atoms with E-state index in [0.29, 0.717) is 5.82 Å². The summed E-state index contributed by atoms with van der Waals surface area (Å²) in [5.74, 6) is 0.405. The molecule has 2 heterocycles. The number of hydrogen-bond donors (Lipinski definition) is 0. The first-order valence-electron chi connectivity index (χ1n) is 4.52. The van der Waals surface area contributed by atoms with Crippen molar-refractivity contribution in [2.45, 2.75) is 13.3 Å². The lowest BCUT2D eigenvalue weighted by molar-refractivity contribution is -0.121. The summed E-state index contributed by atoms with van der Waals surface area (Å²) < 4.78 is 1.02. The van der Waals surface area contributed by atoms with Gasteiger partial charge in [0.2, 0.25) is 5.91 Å². The predicted molar refractivity (Wildman–Crippen MR) is 63.7 cm³/mol. The molecule has 1 saturated heterocycles. The van der Waals surface area contributed by atoms with Crippen LogP contribution < -0.4 is 4.90 Å². The van der Waals surface area contributed by atoms with Crippen LogP contribution in [0.25, 0.3) is 0 Å². The van der Waals surface area contributed by atoms with Crippen LogP contribution in [-0.2, 0) is 9.59 Å². The van der Waals surface area contributed by atoms with Crippen LogP contribution in [0.5, 0.6) is 0 Å². The maximum absolute atomic E-state index is 11.5. The third-order valence-electron chi connectivity index (χ3n) is 2.26. The molecule has 1 fully saturated rings. The normalized spacial score (nSPS) is 16.3. The summed E-state index contributed by atoms with van der Waals surface area (Å²) in [5.41, 5.74) is 0.921. The van der Waals surface area contributed by atoms with E-state index in [2.05, 4.69) is 27.6 Å². The molecule has 0 radical (unpaired) electrons. The standard InChI is InChI=1S/C10H9IN2O2/c1-6-2-7(11)4-12-10(6)13-5-8(14)3-9(13)15/h2,4H,3,5H2,1H3. The highest BCUT2D eigenvalue weighted by Crippen LogP contribution is 2.22. The van der Waals surface area contributed by atoms with Gasteiger partial charge in [-0.05, 0) is 41.1 Å². The van der Waals surface area contributed by atoms with Crippen molar-refractivity contribution in [3.8, 4) is 0 Å². The van der Waals surface area contributed by atoms with Crippen LogP contribution in [0.4, 0.5) is 5.82 Å². The molecule has 1 amide bonds. The molecule has 15 heavy (non-hydrogen) atoms. The van der Waals surface area contributed by atoms with Gasteiger partial charge in [-0.1, -0.05) is 0 Å². The zero-order chi connectivity index (χ0) is 11.0. The van der Waals surface area contributed by atoms with E-state index in [1.165, 1.54) is 4.90 Å². The summed E-state index contributed by atoms with van der Waals surface area (Å²) >= 11 is 2.16. The number of ketones is 1. The number of pyridine rings is 1. The Balaban J connectivity index is 2.38. The number of anilines is 1. The number of nitrogens with zero attached hydrogens (tertiary/aromatic N) is 2. The summed E-state index contributed by atoms with van der Waals surface area (Å²) in [4.78, 5) is 28.3. The summed E-state index contributed by atoms with van der Waals surface area (Å²) in [7, 11) is 0. The number of amides is 1. The van der Waals surface area contributed by atoms with Gasteiger partial charge in [0.15, 0.2) is 5.78 Å². The van der Waals surface area contributed by atoms with Crippen LogP contribution in [0.15, 0.2) is 12.3 Å². The van der Waals surface area contributed by atoms with Gasteiger partial charge < -0.3 is 0 Å². The number of aromatic nitrogens is 1. The fourth-order valence-electron chi connectivity index (χ4n) is 1.59. The third kappa shape index (κ3) is 2.01. The van der Waals surface area contributed by atoms with E-state index in [4.69, 9.17) is 0 Å². The average molecular weight is 316 g/mol. The second-order valence-electron chi connectivity index (χ2n) is 3.49. The second kappa shape index (κ2) is 3.88. The third-order valence-corrected chi connectivity index (χ3v) is 2.85. The van der Waals surface area contributed by atoms with Gasteiger partial charge in [-0.25, -0.2) is 4.98 Å². The number of hydrogen-bond acceptors (Lipinski definition) is 3. The number of carbonyl (C=O) groups excluding carboxylic acids is 2. The summed E-state index contributed by atoms with van der Waals surface area (Å²) in [6.07, 6.45) is 1.70. The zero-order valence-corrected chi connectivity index (χ0v) is 10.3. The van der Waals surface area contributed by atoms with Gasteiger partial charge in [-0.3, -0.25) is 14.5 Å². The molecular formula is C10H9IN2O2. The molecule has 2 rings (SSSR count). The van der Waals surface area contributed by atoms with Gasteiger partial charge in [-0.2, -0.15) is 0 Å². The minimum Gasteiger partial charge on any atom is -0.297 e. The second-order valence-corrected chi connectivity index (χ2v) is 4.74. The Bertz CT molecular complexity index is 445. The molecule has 0 N–H and O–H groups in total. The first-order chi connectivity index (χ1) is 7.08. The van der Waals surface area contributed by atoms with Crippen LogP contribution in [0, 0.1) is 10.5 Å². The molecule has 0 unspecified atom stereocenters. The number of Topliss-reactive ketones (excluding diaryl/α,β-unsaturated/α-hetero) is 1. The molecule has 0 spiro atoms. The van der Waals surface area contributed by atoms with Crippen LogP contribution in [0.1, 0.15) is 12.0 Å². The molecule has 1 aliphatic heterocycles. The van der Waals surface area contributed by atoms with Gasteiger partial charge in [0.05, 0.1) is 13.0 Å². The van der Waals surface area contributed by atoms with Crippen LogP contribution in [0.3, 0.4) is 0 Å². The predicted octanol–water partition coefficient (Wildman–Crippen LogP) is 1.30. The van der Waals surface area contributed by atoms with Gasteiger partial charge in [0.25, 0.3) is 0 Å². The molecule has 1 aromatic heterocycles. The lowest BCUT2D eigenvalue weighted by atomic mass is 10.3. The molecule has 0 aliphatic carbocycles. The Kier molecular flexibility index (Phi) is 2.72. The largest absolute Gasteiger partial charge is 0.297 e. The maximum atomic E-state index is 11.5. The van der Waals surface area contributed by atoms with Crippen LogP contribution in [0.2, 0.25) is 0 Å². The Hall–Kier alpha value is -0.980. The summed E-state index contributed by atoms with van der Waals surface area (Å²) in [6, 6.07) is 1.94. The highest BCUT2D eigenvalue weighted by molar-refractivity contribution is 14.1. The minimum absolute atomic E-state index is 0.00705. The average Bonchev–Trinajstić information content (AvgIpc) is 2.45. The molecule has 0 aromatic carbocycles. The smallest absolute Gasteiger partial charge is 0.236 e. The molecule has 1 aliphatic rings. The number of rotatable bonds is 1. The first kappa shape index (κ1) is 10.5. The molecule has 0 bridgehead atoms. The number of aryl methyl sites for hydroxylation is 1. The highest BCUT2D eigenvalue weighted by atomic mass is 127. The van der Waals surface area contributed by atoms with Crippen molar-refractivity contribution in [2.24, 2.45) is 0 Å². The van der Waals surface area contributed by atoms with Gasteiger partial charge in [0.1, 0.15) is 5.82 Å². The van der Waals surface area contributed by atoms with E-state index < -0.39 is 0 Å². The zero-order valence-electron chi connectivity index (χ0n) is 8.16. The van der Waals surface area contributed by atoms with Gasteiger partial charge in [-0.15, -0.1) is 0 Å². The monoisotopic (exact) mass is 316 g/mol. The fourth-order valence-corrected chi connectivity index (χ4v) is 2.20. The van der Waals surface area contributed by atoms with E-state index in [1.807, 2.05) is 13.0 Å². The van der Waals surface area contributed by atoms with Crippen molar-refractivity contribution in [3.63, 3.8) is 0 Å². The van der Waals surface area contributed by atoms with Crippen molar-refractivity contribution in [2.75, 3.05) is 11.4 Å². The molecule has 0 saturated carbocycles. The van der Waals surface area contributed by atoms with Crippen molar-refractivity contribution >= 4 is 40.1 Å². The van der Waals surface area contributed by atoms with Crippen LogP contribution >= 0.6 is 22.6 Å². The molecule has 1 aromatic rings. The highest BCUT2D eigenvalue weighted by Gasteiger charge is 2.30. The van der Waals surface area contributed by atoms with E-state index >= 15 is 0 Å². The number of carbonyl (C=O) groups is 2. The minimum atomic E-state index is -0.156. The van der Waals surface area contributed by atoms with Gasteiger partial charge in [0, 0.05) is 9.77 Å². The van der Waals surface area contributed by atoms with Crippen LogP contribution in [-0.4, -0.2) is 23.2 Å². The lowest BCUT2D eigenvalue weighted by Crippen LogP contribution is -2.26. The quantitative estimate of drug-likeness (QED) is 0.580. The van der Waals surface area contributed by atoms with E-state index in [9.17, 15) is 9.59 Å². The van der Waals surface area contributed by atoms with Crippen molar-refractivity contribution < 1.29 is 9.59 Å². The fraction of sp³-hybridized carbons (Fsp3) is 0.300. The maximum Gasteiger partial charge on any atom is 0.236 e. The Morgan fingerprint density at radius 1 is 1.47 bits per heavy atom. The molecule has 5 heteroatoms. The molecule has 0 atom stereocenters. The Morgan fingerprint density at radius 2 is 2.20 bits per heavy atom. The SMILES string of the molecule is Cc1cc(I)cnc1N1CC(=O)CC1=O. The Morgan fingerprint density at radius 3 is 2.73 bits per heavy atom. The topological polar surface area (TPSA) is 50.3 Å². The van der Waals surface area contributed by atoms with E-state index in [0.717, 1.165) is 9.13 Å². The summed E-state index contributed by atoms with van der Waals surface area (Å²) in [6.45, 7) is 2.05. The molecule has 78 valence electrons. The number of halogens is 1. The first-order valence-corrected chi connectivity index (χ1v) is 5.60. The summed E-state index contributed by atoms with van der Waals surface area (Å²) in [5, 5.41) is 0. The van der Waals surface area contributed by atoms with Crippen molar-refractivity contribution in [3.05, 3.63) is 21.4 Å². The Labute approximate surface area is 101 Å². The van der Waals surface area contributed by atoms with Crippen molar-refractivity contribution in [1.29, 1.82) is 0 Å². The lowest BCUT2D eigenvalue weighted by Gasteiger charge is -2.15. The molecular weight excluding hydrogens is 307 g/mol. The van der Waals surface area contributed by atoms with E-state index in [1.54, 1.807) is 6.20 Å². The van der Waals surface area contributed by atoms with E-state index in [-0.39, 0.29) is 24.7 Å².